The quantitative estimate of drug-likeness (QED) is 0.753. The zero-order valence-corrected chi connectivity index (χ0v) is 12.2. The van der Waals surface area contributed by atoms with Gasteiger partial charge in [-0.15, -0.1) is 0 Å². The van der Waals surface area contributed by atoms with Gasteiger partial charge in [-0.1, -0.05) is 11.6 Å². The Morgan fingerprint density at radius 1 is 1.45 bits per heavy atom. The van der Waals surface area contributed by atoms with Crippen LogP contribution < -0.4 is 5.32 Å². The van der Waals surface area contributed by atoms with Gasteiger partial charge in [0.2, 0.25) is 11.8 Å². The summed E-state index contributed by atoms with van der Waals surface area (Å²) in [6, 6.07) is -0.393. The minimum absolute atomic E-state index is 0.0639. The summed E-state index contributed by atoms with van der Waals surface area (Å²) in [6.07, 6.45) is 3.13. The van der Waals surface area contributed by atoms with Crippen molar-refractivity contribution in [3.63, 3.8) is 0 Å². The number of amides is 2. The minimum Gasteiger partial charge on any atom is -0.353 e. The monoisotopic (exact) mass is 281 g/mol. The van der Waals surface area contributed by atoms with Crippen LogP contribution >= 0.6 is 0 Å². The van der Waals surface area contributed by atoms with E-state index in [4.69, 9.17) is 4.84 Å². The first-order valence-electron chi connectivity index (χ1n) is 7.16. The van der Waals surface area contributed by atoms with Gasteiger partial charge in [-0.3, -0.25) is 19.3 Å². The molecule has 6 heteroatoms. The number of carbonyl (C=O) groups is 2. The number of nitrogens with zero attached hydrogens (tertiary/aromatic N) is 2. The predicted molar refractivity (Wildman–Crippen MR) is 74.7 cm³/mol. The molecule has 20 heavy (non-hydrogen) atoms. The van der Waals surface area contributed by atoms with Gasteiger partial charge in [0, 0.05) is 19.6 Å². The molecular formula is C14H23N3O3. The Balaban J connectivity index is 1.97. The molecule has 0 aromatic rings. The van der Waals surface area contributed by atoms with E-state index in [0.717, 1.165) is 13.0 Å². The molecule has 0 spiro atoms. The van der Waals surface area contributed by atoms with Crippen molar-refractivity contribution < 1.29 is 14.4 Å². The first-order valence-corrected chi connectivity index (χ1v) is 7.16. The number of allylic oxidation sites excluding steroid dienone is 1. The van der Waals surface area contributed by atoms with Crippen molar-refractivity contribution in [3.8, 4) is 0 Å². The van der Waals surface area contributed by atoms with Crippen LogP contribution in [0, 0.1) is 0 Å². The summed E-state index contributed by atoms with van der Waals surface area (Å²) >= 11 is 0. The summed E-state index contributed by atoms with van der Waals surface area (Å²) in [7, 11) is 0. The molecule has 2 heterocycles. The zero-order valence-electron chi connectivity index (χ0n) is 12.2. The number of piperazine rings is 1. The van der Waals surface area contributed by atoms with E-state index in [0.29, 0.717) is 26.2 Å². The smallest absolute Gasteiger partial charge is 0.248 e. The first kappa shape index (κ1) is 15.0. The van der Waals surface area contributed by atoms with Crippen LogP contribution in [0.3, 0.4) is 0 Å². The molecule has 0 bridgehead atoms. The molecule has 0 unspecified atom stereocenters. The molecule has 2 amide bonds. The van der Waals surface area contributed by atoms with Crippen LogP contribution in [0.2, 0.25) is 0 Å². The highest BCUT2D eigenvalue weighted by Gasteiger charge is 2.33. The van der Waals surface area contributed by atoms with E-state index < -0.39 is 6.04 Å². The van der Waals surface area contributed by atoms with E-state index in [2.05, 4.69) is 16.3 Å². The fraction of sp³-hybridized carbons (Fsp3) is 0.714. The molecule has 2 aliphatic rings. The first-order chi connectivity index (χ1) is 9.58. The fourth-order valence-electron chi connectivity index (χ4n) is 2.41. The Bertz CT molecular complexity index is 398. The van der Waals surface area contributed by atoms with Crippen molar-refractivity contribution in [1.82, 2.24) is 15.3 Å². The van der Waals surface area contributed by atoms with Gasteiger partial charge < -0.3 is 5.32 Å². The summed E-state index contributed by atoms with van der Waals surface area (Å²) in [5.74, 6) is -0.169. The van der Waals surface area contributed by atoms with E-state index in [1.165, 1.54) is 10.6 Å². The van der Waals surface area contributed by atoms with E-state index in [-0.39, 0.29) is 18.2 Å². The van der Waals surface area contributed by atoms with Crippen LogP contribution in [-0.2, 0) is 14.4 Å². The molecule has 0 aromatic heterocycles. The molecule has 2 saturated heterocycles. The Morgan fingerprint density at radius 2 is 2.25 bits per heavy atom. The third kappa shape index (κ3) is 3.80. The molecule has 1 atom stereocenters. The van der Waals surface area contributed by atoms with Gasteiger partial charge in [-0.05, 0) is 20.3 Å². The summed E-state index contributed by atoms with van der Waals surface area (Å²) < 4.78 is 0. The van der Waals surface area contributed by atoms with Gasteiger partial charge in [-0.25, -0.2) is 5.06 Å². The maximum atomic E-state index is 12.1. The maximum absolute atomic E-state index is 12.1. The Morgan fingerprint density at radius 3 is 2.90 bits per heavy atom. The molecule has 0 aromatic carbocycles. The third-order valence-electron chi connectivity index (χ3n) is 3.57. The normalized spacial score (nSPS) is 23.6. The summed E-state index contributed by atoms with van der Waals surface area (Å²) in [4.78, 5) is 31.4. The molecule has 0 radical (unpaired) electrons. The second-order valence-electron chi connectivity index (χ2n) is 5.47. The summed E-state index contributed by atoms with van der Waals surface area (Å²) in [5.41, 5.74) is 1.21. The second kappa shape index (κ2) is 6.85. The number of hydroxylamine groups is 2. The standard InChI is InChI=1S/C14H23N3O3/c1-11(2)4-7-16-8-5-15-14(19)12(16)10-13(18)17-6-3-9-20-17/h4,12H,3,5-10H2,1-2H3,(H,15,19)/t12-/m0/s1. The lowest BCUT2D eigenvalue weighted by Crippen LogP contribution is -2.56. The van der Waals surface area contributed by atoms with Gasteiger partial charge >= 0.3 is 0 Å². The molecule has 0 saturated carbocycles. The molecule has 2 rings (SSSR count). The lowest BCUT2D eigenvalue weighted by molar-refractivity contribution is -0.171. The van der Waals surface area contributed by atoms with Crippen LogP contribution in [0.25, 0.3) is 0 Å². The lowest BCUT2D eigenvalue weighted by Gasteiger charge is -2.34. The lowest BCUT2D eigenvalue weighted by atomic mass is 10.1. The molecule has 2 fully saturated rings. The maximum Gasteiger partial charge on any atom is 0.248 e. The molecule has 0 aliphatic carbocycles. The van der Waals surface area contributed by atoms with E-state index in [9.17, 15) is 9.59 Å². The van der Waals surface area contributed by atoms with Crippen LogP contribution in [0.15, 0.2) is 11.6 Å². The number of hydrogen-bond donors (Lipinski definition) is 1. The second-order valence-corrected chi connectivity index (χ2v) is 5.47. The third-order valence-corrected chi connectivity index (χ3v) is 3.57. The number of carbonyl (C=O) groups excluding carboxylic acids is 2. The van der Waals surface area contributed by atoms with Crippen LogP contribution in [0.4, 0.5) is 0 Å². The van der Waals surface area contributed by atoms with Crippen molar-refractivity contribution in [3.05, 3.63) is 11.6 Å². The number of nitrogens with one attached hydrogen (secondary N) is 1. The van der Waals surface area contributed by atoms with Crippen molar-refractivity contribution in [2.45, 2.75) is 32.7 Å². The van der Waals surface area contributed by atoms with Gasteiger partial charge in [-0.2, -0.15) is 0 Å². The summed E-state index contributed by atoms with van der Waals surface area (Å²) in [6.45, 7) is 7.39. The largest absolute Gasteiger partial charge is 0.353 e. The highest BCUT2D eigenvalue weighted by molar-refractivity contribution is 5.88. The highest BCUT2D eigenvalue weighted by Crippen LogP contribution is 2.14. The van der Waals surface area contributed by atoms with Gasteiger partial charge in [0.05, 0.1) is 25.6 Å². The molecule has 1 N–H and O–H groups in total. The fourth-order valence-corrected chi connectivity index (χ4v) is 2.41. The number of hydrogen-bond acceptors (Lipinski definition) is 4. The summed E-state index contributed by atoms with van der Waals surface area (Å²) in [5, 5.41) is 4.22. The van der Waals surface area contributed by atoms with Crippen LogP contribution in [0.1, 0.15) is 26.7 Å². The van der Waals surface area contributed by atoms with Crippen molar-refractivity contribution in [2.75, 3.05) is 32.8 Å². The van der Waals surface area contributed by atoms with Gasteiger partial charge in [0.25, 0.3) is 0 Å². The molecular weight excluding hydrogens is 258 g/mol. The Kier molecular flexibility index (Phi) is 5.14. The van der Waals surface area contributed by atoms with Crippen LogP contribution in [-0.4, -0.2) is 60.6 Å². The van der Waals surface area contributed by atoms with E-state index in [1.807, 2.05) is 13.8 Å². The van der Waals surface area contributed by atoms with Crippen molar-refractivity contribution in [2.24, 2.45) is 0 Å². The van der Waals surface area contributed by atoms with Crippen molar-refractivity contribution >= 4 is 11.8 Å². The minimum atomic E-state index is -0.393. The molecule has 2 aliphatic heterocycles. The van der Waals surface area contributed by atoms with E-state index >= 15 is 0 Å². The van der Waals surface area contributed by atoms with Crippen LogP contribution in [0.5, 0.6) is 0 Å². The average Bonchev–Trinajstić information content (AvgIpc) is 2.93. The molecule has 112 valence electrons. The van der Waals surface area contributed by atoms with Gasteiger partial charge in [0.15, 0.2) is 0 Å². The average molecular weight is 281 g/mol. The molecule has 6 nitrogen and oxygen atoms in total. The topological polar surface area (TPSA) is 61.9 Å². The number of rotatable bonds is 4. The SMILES string of the molecule is CC(C)=CCN1CCNC(=O)[C@@H]1CC(=O)N1CCCO1. The highest BCUT2D eigenvalue weighted by atomic mass is 16.7. The Labute approximate surface area is 119 Å². The zero-order chi connectivity index (χ0) is 14.5. The predicted octanol–water partition coefficient (Wildman–Crippen LogP) is 0.307. The van der Waals surface area contributed by atoms with Crippen molar-refractivity contribution in [1.29, 1.82) is 0 Å². The Hall–Kier alpha value is -1.40. The van der Waals surface area contributed by atoms with Gasteiger partial charge in [0.1, 0.15) is 0 Å². The van der Waals surface area contributed by atoms with E-state index in [1.54, 1.807) is 0 Å².